The van der Waals surface area contributed by atoms with Gasteiger partial charge in [0.05, 0.1) is 0 Å². The lowest BCUT2D eigenvalue weighted by atomic mass is 9.98. The number of nitrogens with one attached hydrogen (secondary N) is 2. The molecule has 1 aliphatic carbocycles. The molecule has 0 radical (unpaired) electrons. The number of carboxylic acid groups (broad SMARTS) is 1. The van der Waals surface area contributed by atoms with Gasteiger partial charge in [-0.3, -0.25) is 4.79 Å². The molecule has 1 rings (SSSR count). The van der Waals surface area contributed by atoms with Crippen molar-refractivity contribution < 1.29 is 14.7 Å². The Balaban J connectivity index is 2.28. The molecular weight excluding hydrogens is 244 g/mol. The molecular formula is C14H26N2O3. The van der Waals surface area contributed by atoms with Crippen LogP contribution in [0.15, 0.2) is 0 Å². The van der Waals surface area contributed by atoms with Crippen LogP contribution in [0.1, 0.15) is 59.3 Å². The first-order chi connectivity index (χ1) is 8.79. The Morgan fingerprint density at radius 1 is 1.32 bits per heavy atom. The predicted octanol–water partition coefficient (Wildman–Crippen LogP) is 2.51. The monoisotopic (exact) mass is 270 g/mol. The average Bonchev–Trinajstić information content (AvgIpc) is 3.05. The summed E-state index contributed by atoms with van der Waals surface area (Å²) in [6.07, 6.45) is 5.19. The van der Waals surface area contributed by atoms with Gasteiger partial charge in [-0.15, -0.1) is 0 Å². The highest BCUT2D eigenvalue weighted by molar-refractivity contribution is 5.75. The Kier molecular flexibility index (Phi) is 5.20. The van der Waals surface area contributed by atoms with Crippen LogP contribution in [0.4, 0.5) is 4.79 Å². The van der Waals surface area contributed by atoms with Crippen LogP contribution in [0.2, 0.25) is 0 Å². The number of carbonyl (C=O) groups is 2. The quantitative estimate of drug-likeness (QED) is 0.634. The minimum atomic E-state index is -0.838. The summed E-state index contributed by atoms with van der Waals surface area (Å²) in [7, 11) is 0. The largest absolute Gasteiger partial charge is 0.481 e. The Morgan fingerprint density at radius 3 is 2.42 bits per heavy atom. The minimum Gasteiger partial charge on any atom is -0.481 e. The van der Waals surface area contributed by atoms with Gasteiger partial charge in [0.2, 0.25) is 0 Å². The van der Waals surface area contributed by atoms with Crippen LogP contribution in [0.3, 0.4) is 0 Å². The van der Waals surface area contributed by atoms with Crippen molar-refractivity contribution in [3.8, 4) is 0 Å². The maximum Gasteiger partial charge on any atom is 0.315 e. The number of hydrogen-bond acceptors (Lipinski definition) is 2. The zero-order valence-corrected chi connectivity index (χ0v) is 12.2. The Morgan fingerprint density at radius 2 is 1.95 bits per heavy atom. The first kappa shape index (κ1) is 15.8. The van der Waals surface area contributed by atoms with E-state index in [-0.39, 0.29) is 12.5 Å². The molecule has 1 saturated carbocycles. The van der Waals surface area contributed by atoms with Crippen LogP contribution in [0.25, 0.3) is 0 Å². The van der Waals surface area contributed by atoms with Gasteiger partial charge in [-0.25, -0.2) is 4.79 Å². The molecule has 2 amide bonds. The van der Waals surface area contributed by atoms with Gasteiger partial charge in [0.1, 0.15) is 0 Å². The third-order valence-electron chi connectivity index (χ3n) is 3.78. The molecule has 1 fully saturated rings. The second-order valence-electron chi connectivity index (χ2n) is 6.34. The van der Waals surface area contributed by atoms with Crippen molar-refractivity contribution in [2.24, 2.45) is 5.41 Å². The normalized spacial score (nSPS) is 16.8. The molecule has 0 bridgehead atoms. The van der Waals surface area contributed by atoms with Crippen LogP contribution >= 0.6 is 0 Å². The van der Waals surface area contributed by atoms with Gasteiger partial charge >= 0.3 is 12.0 Å². The Bertz CT molecular complexity index is 336. The number of rotatable bonds is 8. The molecule has 0 heterocycles. The van der Waals surface area contributed by atoms with Crippen molar-refractivity contribution in [2.75, 3.05) is 6.54 Å². The number of urea groups is 1. The lowest BCUT2D eigenvalue weighted by Gasteiger charge is -2.26. The molecule has 19 heavy (non-hydrogen) atoms. The van der Waals surface area contributed by atoms with Crippen LogP contribution in [0, 0.1) is 5.41 Å². The van der Waals surface area contributed by atoms with E-state index in [1.807, 2.05) is 13.8 Å². The number of amides is 2. The minimum absolute atomic E-state index is 0.0626. The van der Waals surface area contributed by atoms with E-state index in [9.17, 15) is 9.59 Å². The molecule has 0 spiro atoms. The zero-order valence-electron chi connectivity index (χ0n) is 12.2. The summed E-state index contributed by atoms with van der Waals surface area (Å²) in [5, 5.41) is 14.4. The summed E-state index contributed by atoms with van der Waals surface area (Å²) in [4.78, 5) is 22.4. The molecule has 0 aromatic carbocycles. The highest BCUT2D eigenvalue weighted by Crippen LogP contribution is 2.48. The lowest BCUT2D eigenvalue weighted by molar-refractivity contribution is -0.137. The van der Waals surface area contributed by atoms with Crippen LogP contribution < -0.4 is 10.6 Å². The third kappa shape index (κ3) is 5.94. The van der Waals surface area contributed by atoms with E-state index in [1.165, 1.54) is 12.8 Å². The van der Waals surface area contributed by atoms with E-state index in [1.54, 1.807) is 0 Å². The first-order valence-corrected chi connectivity index (χ1v) is 7.06. The van der Waals surface area contributed by atoms with Crippen molar-refractivity contribution in [3.63, 3.8) is 0 Å². The molecule has 1 aliphatic rings. The Hall–Kier alpha value is -1.26. The molecule has 0 atom stereocenters. The fraction of sp³-hybridized carbons (Fsp3) is 0.857. The number of carbonyl (C=O) groups excluding carboxylic acids is 1. The van der Waals surface area contributed by atoms with E-state index >= 15 is 0 Å². The van der Waals surface area contributed by atoms with Gasteiger partial charge in [-0.05, 0) is 44.9 Å². The van der Waals surface area contributed by atoms with Crippen molar-refractivity contribution >= 4 is 12.0 Å². The lowest BCUT2D eigenvalue weighted by Crippen LogP contribution is -2.49. The second-order valence-corrected chi connectivity index (χ2v) is 6.34. The van der Waals surface area contributed by atoms with Gasteiger partial charge in [-0.1, -0.05) is 13.3 Å². The molecule has 5 nitrogen and oxygen atoms in total. The van der Waals surface area contributed by atoms with Gasteiger partial charge < -0.3 is 15.7 Å². The molecule has 110 valence electrons. The summed E-state index contributed by atoms with van der Waals surface area (Å²) in [6, 6.07) is -0.197. The van der Waals surface area contributed by atoms with Crippen molar-refractivity contribution in [2.45, 2.75) is 64.8 Å². The standard InChI is InChI=1S/C14H26N2O3/c1-4-6-14(8-9-14)10-15-12(19)16-13(2,3)7-5-11(17)18/h4-10H2,1-3H3,(H,17,18)(H2,15,16,19). The van der Waals surface area contributed by atoms with Crippen molar-refractivity contribution in [1.82, 2.24) is 10.6 Å². The predicted molar refractivity (Wildman–Crippen MR) is 74.1 cm³/mol. The van der Waals surface area contributed by atoms with Crippen LogP contribution in [-0.4, -0.2) is 29.2 Å². The Labute approximate surface area is 115 Å². The topological polar surface area (TPSA) is 78.4 Å². The fourth-order valence-electron chi connectivity index (χ4n) is 2.32. The van der Waals surface area contributed by atoms with Crippen molar-refractivity contribution in [3.05, 3.63) is 0 Å². The maximum absolute atomic E-state index is 11.8. The first-order valence-electron chi connectivity index (χ1n) is 7.06. The summed E-state index contributed by atoms with van der Waals surface area (Å²) in [5.74, 6) is -0.838. The zero-order chi connectivity index (χ0) is 14.5. The fourth-order valence-corrected chi connectivity index (χ4v) is 2.32. The van der Waals surface area contributed by atoms with Gasteiger partial charge in [0.15, 0.2) is 0 Å². The van der Waals surface area contributed by atoms with Gasteiger partial charge in [0.25, 0.3) is 0 Å². The summed E-state index contributed by atoms with van der Waals surface area (Å²) in [5.41, 5.74) is -0.165. The molecule has 0 aliphatic heterocycles. The highest BCUT2D eigenvalue weighted by Gasteiger charge is 2.41. The third-order valence-corrected chi connectivity index (χ3v) is 3.78. The molecule has 5 heteroatoms. The van der Waals surface area contributed by atoms with Gasteiger partial charge in [-0.2, -0.15) is 0 Å². The molecule has 0 aromatic heterocycles. The van der Waals surface area contributed by atoms with E-state index < -0.39 is 11.5 Å². The summed E-state index contributed by atoms with van der Waals surface area (Å²) in [6.45, 7) is 6.57. The van der Waals surface area contributed by atoms with E-state index in [4.69, 9.17) is 5.11 Å². The second kappa shape index (κ2) is 6.26. The van der Waals surface area contributed by atoms with Crippen LogP contribution in [-0.2, 0) is 4.79 Å². The van der Waals surface area contributed by atoms with E-state index in [0.29, 0.717) is 11.8 Å². The number of carboxylic acids is 1. The highest BCUT2D eigenvalue weighted by atomic mass is 16.4. The molecule has 0 saturated heterocycles. The molecule has 0 aromatic rings. The number of hydrogen-bond donors (Lipinski definition) is 3. The molecule has 3 N–H and O–H groups in total. The van der Waals surface area contributed by atoms with E-state index in [2.05, 4.69) is 17.6 Å². The molecule has 0 unspecified atom stereocenters. The SMILES string of the molecule is CCCC1(CNC(=O)NC(C)(C)CCC(=O)O)CC1. The smallest absolute Gasteiger partial charge is 0.315 e. The summed E-state index contributed by atoms with van der Waals surface area (Å²) >= 11 is 0. The maximum atomic E-state index is 11.8. The number of aliphatic carboxylic acids is 1. The van der Waals surface area contributed by atoms with E-state index in [0.717, 1.165) is 19.4 Å². The summed E-state index contributed by atoms with van der Waals surface area (Å²) < 4.78 is 0. The van der Waals surface area contributed by atoms with Crippen LogP contribution in [0.5, 0.6) is 0 Å². The van der Waals surface area contributed by atoms with Gasteiger partial charge in [0, 0.05) is 18.5 Å². The van der Waals surface area contributed by atoms with Crippen molar-refractivity contribution in [1.29, 1.82) is 0 Å². The average molecular weight is 270 g/mol.